The second-order valence-electron chi connectivity index (χ2n) is 2.27. The molecule has 0 aliphatic carbocycles. The fourth-order valence-electron chi connectivity index (χ4n) is 0.236. The molecule has 0 bridgehead atoms. The summed E-state index contributed by atoms with van der Waals surface area (Å²) in [5.74, 6) is 0. The van der Waals surface area contributed by atoms with E-state index in [4.69, 9.17) is 4.43 Å². The van der Waals surface area contributed by atoms with Gasteiger partial charge in [0.25, 0.3) is 0 Å². The Labute approximate surface area is 88.8 Å². The van der Waals surface area contributed by atoms with Gasteiger partial charge >= 0.3 is 23.1 Å². The summed E-state index contributed by atoms with van der Waals surface area (Å²) in [4.78, 5) is 0. The minimum atomic E-state index is 0. The van der Waals surface area contributed by atoms with Gasteiger partial charge in [-0.3, -0.25) is 5.54 Å². The molecule has 10 heavy (non-hydrogen) atoms. The predicted molar refractivity (Wildman–Crippen MR) is 42.3 cm³/mol. The molecule has 0 fully saturated rings. The van der Waals surface area contributed by atoms with E-state index >= 15 is 0 Å². The van der Waals surface area contributed by atoms with Crippen LogP contribution in [0.15, 0.2) is 0 Å². The molecule has 0 saturated heterocycles. The van der Waals surface area contributed by atoms with E-state index in [9.17, 15) is 0 Å². The number of hydrogen-bond acceptors (Lipinski definition) is 1. The molecule has 0 atom stereocenters. The average molecular weight is 189 g/mol. The van der Waals surface area contributed by atoms with Crippen LogP contribution in [-0.2, 0) is 4.43 Å². The normalized spacial score (nSPS) is 9.00. The van der Waals surface area contributed by atoms with E-state index < -0.39 is 0 Å². The number of rotatable bonds is 3. The Morgan fingerprint density at radius 1 is 1.30 bits per heavy atom. The third-order valence-electron chi connectivity index (χ3n) is 0.499. The average Bonchev–Trinajstić information content (AvgIpc) is 1.61. The molecule has 0 aromatic carbocycles. The number of hydrogen-bond donors (Lipinski definition) is 0. The third kappa shape index (κ3) is 16.1. The van der Waals surface area contributed by atoms with Crippen LogP contribution < -0.4 is 12.4 Å². The topological polar surface area (TPSA) is 9.23 Å². The predicted octanol–water partition coefficient (Wildman–Crippen LogP) is -1.77. The van der Waals surface area contributed by atoms with Crippen LogP contribution in [0.5, 0.6) is 0 Å². The minimum absolute atomic E-state index is 0. The summed E-state index contributed by atoms with van der Waals surface area (Å²) >= 11 is 0. The van der Waals surface area contributed by atoms with Crippen LogP contribution in [0.1, 0.15) is 27.7 Å². The van der Waals surface area contributed by atoms with Gasteiger partial charge in [0.2, 0.25) is 0 Å². The van der Waals surface area contributed by atoms with Gasteiger partial charge in [-0.2, -0.15) is 13.8 Å². The second-order valence-corrected chi connectivity index (χ2v) is 3.71. The van der Waals surface area contributed by atoms with E-state index in [0.29, 0.717) is 15.9 Å². The standard InChI is InChI=1S/C6H13OSi.ClH.Mg/c1-5(2)7-8-6(3)4;;/h5H,1-4H3;1H;/q-1;;+2/p-1. The van der Waals surface area contributed by atoms with Gasteiger partial charge < -0.3 is 16.8 Å². The molecule has 0 aliphatic rings. The summed E-state index contributed by atoms with van der Waals surface area (Å²) in [6, 6.07) is 0. The van der Waals surface area contributed by atoms with Crippen molar-refractivity contribution < 1.29 is 16.8 Å². The Balaban J connectivity index is -0.000000245. The molecule has 0 aliphatic heterocycles. The Morgan fingerprint density at radius 3 is 1.80 bits per heavy atom. The SMILES string of the molecule is C[C-](C)[Si]OC(C)C.[Cl-].[Mg+2]. The first kappa shape index (κ1) is 17.4. The van der Waals surface area contributed by atoms with Crippen LogP contribution >= 0.6 is 0 Å². The molecular formula is C6H13ClMgOSi. The van der Waals surface area contributed by atoms with Crippen molar-refractivity contribution in [1.82, 2.24) is 0 Å². The molecule has 0 heterocycles. The van der Waals surface area contributed by atoms with E-state index in [1.165, 1.54) is 5.54 Å². The first-order valence-corrected chi connectivity index (χ1v) is 3.75. The van der Waals surface area contributed by atoms with Crippen LogP contribution in [0.3, 0.4) is 0 Å². The van der Waals surface area contributed by atoms with Gasteiger partial charge in [0.1, 0.15) is 0 Å². The van der Waals surface area contributed by atoms with Crippen molar-refractivity contribution in [3.63, 3.8) is 0 Å². The molecule has 0 amide bonds. The zero-order valence-corrected chi connectivity index (χ0v) is 10.2. The molecule has 0 saturated carbocycles. The van der Waals surface area contributed by atoms with Crippen molar-refractivity contribution in [3.8, 4) is 0 Å². The molecule has 2 radical (unpaired) electrons. The molecule has 0 N–H and O–H groups in total. The quantitative estimate of drug-likeness (QED) is 0.377. The van der Waals surface area contributed by atoms with Gasteiger partial charge in [-0.1, -0.05) is 0 Å². The van der Waals surface area contributed by atoms with E-state index in [1.54, 1.807) is 0 Å². The van der Waals surface area contributed by atoms with Crippen LogP contribution in [0.25, 0.3) is 0 Å². The van der Waals surface area contributed by atoms with E-state index in [-0.39, 0.29) is 35.5 Å². The van der Waals surface area contributed by atoms with Crippen molar-refractivity contribution in [1.29, 1.82) is 0 Å². The summed E-state index contributed by atoms with van der Waals surface area (Å²) in [6.07, 6.45) is 0.378. The van der Waals surface area contributed by atoms with Crippen LogP contribution in [0.2, 0.25) is 0 Å². The summed E-state index contributed by atoms with van der Waals surface area (Å²) in [7, 11) is 0.586. The van der Waals surface area contributed by atoms with Crippen LogP contribution in [0.4, 0.5) is 0 Å². The Bertz CT molecular complexity index is 53.7. The van der Waals surface area contributed by atoms with Crippen molar-refractivity contribution in [3.05, 3.63) is 5.54 Å². The number of halogens is 1. The van der Waals surface area contributed by atoms with Gasteiger partial charge in [-0.15, -0.1) is 0 Å². The summed E-state index contributed by atoms with van der Waals surface area (Å²) < 4.78 is 5.29. The fraction of sp³-hybridized carbons (Fsp3) is 0.833. The molecule has 4 heteroatoms. The van der Waals surface area contributed by atoms with Gasteiger partial charge in [0.15, 0.2) is 0 Å². The molecule has 1 nitrogen and oxygen atoms in total. The maximum absolute atomic E-state index is 5.29. The second kappa shape index (κ2) is 10.2. The zero-order chi connectivity index (χ0) is 6.57. The largest absolute Gasteiger partial charge is 2.00 e. The van der Waals surface area contributed by atoms with Crippen LogP contribution in [-0.4, -0.2) is 38.9 Å². The molecule has 0 aromatic heterocycles. The van der Waals surface area contributed by atoms with Crippen LogP contribution in [0, 0.1) is 5.54 Å². The molecule has 0 spiro atoms. The monoisotopic (exact) mass is 188 g/mol. The summed E-state index contributed by atoms with van der Waals surface area (Å²) in [6.45, 7) is 8.27. The fourth-order valence-corrected chi connectivity index (χ4v) is 0.707. The third-order valence-corrected chi connectivity index (χ3v) is 1.50. The minimum Gasteiger partial charge on any atom is -1.00 e. The smallest absolute Gasteiger partial charge is 1.00 e. The van der Waals surface area contributed by atoms with Gasteiger partial charge in [0, 0.05) is 15.9 Å². The maximum atomic E-state index is 5.29. The van der Waals surface area contributed by atoms with Gasteiger partial charge in [-0.25, -0.2) is 0 Å². The van der Waals surface area contributed by atoms with E-state index in [1.807, 2.05) is 0 Å². The van der Waals surface area contributed by atoms with Gasteiger partial charge in [0.05, 0.1) is 0 Å². The van der Waals surface area contributed by atoms with Crippen molar-refractivity contribution in [2.24, 2.45) is 0 Å². The molecule has 0 aromatic rings. The summed E-state index contributed by atoms with van der Waals surface area (Å²) in [5.41, 5.74) is 1.36. The Morgan fingerprint density at radius 2 is 1.70 bits per heavy atom. The molecule has 0 unspecified atom stereocenters. The van der Waals surface area contributed by atoms with Gasteiger partial charge in [-0.05, 0) is 13.8 Å². The molecular weight excluding hydrogens is 176 g/mol. The van der Waals surface area contributed by atoms with Crippen molar-refractivity contribution in [2.75, 3.05) is 0 Å². The Hall–Kier alpha value is 1.23. The first-order valence-electron chi connectivity index (χ1n) is 2.84. The molecule has 56 valence electrons. The maximum Gasteiger partial charge on any atom is 2.00 e. The van der Waals surface area contributed by atoms with Crippen molar-refractivity contribution >= 4 is 32.8 Å². The molecule has 0 rings (SSSR count). The zero-order valence-electron chi connectivity index (χ0n) is 7.07. The van der Waals surface area contributed by atoms with E-state index in [2.05, 4.69) is 27.7 Å². The first-order chi connectivity index (χ1) is 3.63. The van der Waals surface area contributed by atoms with Crippen molar-refractivity contribution in [2.45, 2.75) is 33.8 Å². The van der Waals surface area contributed by atoms with E-state index in [0.717, 1.165) is 0 Å². The summed E-state index contributed by atoms with van der Waals surface area (Å²) in [5, 5.41) is 0. The Kier molecular flexibility index (Phi) is 17.8.